The first-order chi connectivity index (χ1) is 9.01. The van der Waals surface area contributed by atoms with E-state index in [0.29, 0.717) is 11.1 Å². The van der Waals surface area contributed by atoms with Crippen molar-refractivity contribution in [2.45, 2.75) is 0 Å². The summed E-state index contributed by atoms with van der Waals surface area (Å²) in [7, 11) is 0. The predicted molar refractivity (Wildman–Crippen MR) is 65.2 cm³/mol. The first kappa shape index (κ1) is 12.6. The van der Waals surface area contributed by atoms with Crippen molar-refractivity contribution in [1.29, 1.82) is 5.26 Å². The van der Waals surface area contributed by atoms with Gasteiger partial charge >= 0.3 is 5.97 Å². The Kier molecular flexibility index (Phi) is 3.17. The highest BCUT2D eigenvalue weighted by Gasteiger charge is 2.10. The number of carbonyl (C=O) groups is 1. The van der Waals surface area contributed by atoms with Gasteiger partial charge in [0.15, 0.2) is 0 Å². The molecule has 2 aromatic carbocycles. The topological polar surface area (TPSA) is 81.3 Å². The molecule has 0 saturated heterocycles. The second-order valence-corrected chi connectivity index (χ2v) is 3.88. The van der Waals surface area contributed by atoms with Crippen LogP contribution in [0.2, 0.25) is 0 Å². The van der Waals surface area contributed by atoms with Crippen LogP contribution in [0, 0.1) is 17.1 Å². The lowest BCUT2D eigenvalue weighted by Crippen LogP contribution is -1.97. The van der Waals surface area contributed by atoms with Gasteiger partial charge in [-0.15, -0.1) is 0 Å². The van der Waals surface area contributed by atoms with E-state index >= 15 is 0 Å². The van der Waals surface area contributed by atoms with Crippen molar-refractivity contribution in [1.82, 2.24) is 0 Å². The van der Waals surface area contributed by atoms with Crippen LogP contribution < -0.4 is 0 Å². The quantitative estimate of drug-likeness (QED) is 0.866. The number of aromatic hydroxyl groups is 1. The molecule has 0 saturated carbocycles. The molecular formula is C14H8FNO3. The zero-order valence-electron chi connectivity index (χ0n) is 9.59. The smallest absolute Gasteiger partial charge is 0.335 e. The summed E-state index contributed by atoms with van der Waals surface area (Å²) in [5.74, 6) is -2.09. The summed E-state index contributed by atoms with van der Waals surface area (Å²) in [5.41, 5.74) is 0.644. The van der Waals surface area contributed by atoms with Gasteiger partial charge < -0.3 is 10.2 Å². The van der Waals surface area contributed by atoms with Crippen LogP contribution in [0.3, 0.4) is 0 Å². The molecule has 5 heteroatoms. The average molecular weight is 257 g/mol. The molecule has 0 aliphatic carbocycles. The fraction of sp³-hybridized carbons (Fsp3) is 0. The molecule has 0 radical (unpaired) electrons. The molecule has 94 valence electrons. The Balaban J connectivity index is 2.59. The number of benzene rings is 2. The van der Waals surface area contributed by atoms with Crippen LogP contribution in [-0.4, -0.2) is 16.2 Å². The Labute approximate surface area is 108 Å². The minimum Gasteiger partial charge on any atom is -0.507 e. The van der Waals surface area contributed by atoms with Crippen LogP contribution in [0.25, 0.3) is 11.1 Å². The van der Waals surface area contributed by atoms with E-state index in [-0.39, 0.29) is 16.9 Å². The Morgan fingerprint density at radius 3 is 2.53 bits per heavy atom. The van der Waals surface area contributed by atoms with Gasteiger partial charge in [-0.2, -0.15) is 5.26 Å². The highest BCUT2D eigenvalue weighted by molar-refractivity contribution is 5.89. The van der Waals surface area contributed by atoms with Gasteiger partial charge in [0.2, 0.25) is 0 Å². The first-order valence-corrected chi connectivity index (χ1v) is 5.28. The van der Waals surface area contributed by atoms with Crippen molar-refractivity contribution in [3.63, 3.8) is 0 Å². The number of rotatable bonds is 2. The third-order valence-corrected chi connectivity index (χ3v) is 2.60. The van der Waals surface area contributed by atoms with E-state index in [9.17, 15) is 14.3 Å². The lowest BCUT2D eigenvalue weighted by atomic mass is 10.0. The highest BCUT2D eigenvalue weighted by atomic mass is 19.1. The Morgan fingerprint density at radius 1 is 1.16 bits per heavy atom. The molecule has 0 aliphatic rings. The number of carboxylic acid groups (broad SMARTS) is 1. The summed E-state index contributed by atoms with van der Waals surface area (Å²) >= 11 is 0. The third-order valence-electron chi connectivity index (χ3n) is 2.60. The lowest BCUT2D eigenvalue weighted by Gasteiger charge is -2.05. The van der Waals surface area contributed by atoms with Crippen molar-refractivity contribution in [3.05, 3.63) is 53.3 Å². The molecule has 2 N–H and O–H groups in total. The summed E-state index contributed by atoms with van der Waals surface area (Å²) in [4.78, 5) is 10.9. The van der Waals surface area contributed by atoms with E-state index < -0.39 is 11.8 Å². The maximum absolute atomic E-state index is 13.4. The lowest BCUT2D eigenvalue weighted by molar-refractivity contribution is 0.0696. The monoisotopic (exact) mass is 257 g/mol. The number of aromatic carboxylic acids is 1. The standard InChI is InChI=1S/C14H8FNO3/c15-12-5-9(4-10(6-12)14(18)19)8-1-2-13(17)11(3-8)7-16/h1-6,17H,(H,18,19). The molecule has 0 amide bonds. The second-order valence-electron chi connectivity index (χ2n) is 3.88. The van der Waals surface area contributed by atoms with E-state index in [1.54, 1.807) is 6.07 Å². The second kappa shape index (κ2) is 4.78. The number of halogens is 1. The number of carboxylic acids is 1. The Hall–Kier alpha value is -2.87. The van der Waals surface area contributed by atoms with Gasteiger partial charge in [0.1, 0.15) is 17.6 Å². The zero-order chi connectivity index (χ0) is 14.0. The van der Waals surface area contributed by atoms with Gasteiger partial charge in [-0.05, 0) is 41.5 Å². The van der Waals surface area contributed by atoms with Crippen molar-refractivity contribution in [2.24, 2.45) is 0 Å². The van der Waals surface area contributed by atoms with Gasteiger partial charge in [0.25, 0.3) is 0 Å². The molecule has 2 aromatic rings. The molecule has 0 aromatic heterocycles. The zero-order valence-corrected chi connectivity index (χ0v) is 9.59. The van der Waals surface area contributed by atoms with Crippen molar-refractivity contribution >= 4 is 5.97 Å². The molecule has 0 spiro atoms. The number of nitrogens with zero attached hydrogens (tertiary/aromatic N) is 1. The summed E-state index contributed by atoms with van der Waals surface area (Å²) < 4.78 is 13.4. The molecule has 19 heavy (non-hydrogen) atoms. The summed E-state index contributed by atoms with van der Waals surface area (Å²) in [6.45, 7) is 0. The Morgan fingerprint density at radius 2 is 1.89 bits per heavy atom. The molecule has 0 unspecified atom stereocenters. The molecule has 0 bridgehead atoms. The molecule has 2 rings (SSSR count). The molecule has 0 atom stereocenters. The van der Waals surface area contributed by atoms with Crippen LogP contribution >= 0.6 is 0 Å². The maximum Gasteiger partial charge on any atom is 0.335 e. The summed E-state index contributed by atoms with van der Waals surface area (Å²) in [6.07, 6.45) is 0. The van der Waals surface area contributed by atoms with Gasteiger partial charge in [0, 0.05) is 0 Å². The Bertz CT molecular complexity index is 704. The number of hydrogen-bond acceptors (Lipinski definition) is 3. The third kappa shape index (κ3) is 2.53. The number of hydrogen-bond donors (Lipinski definition) is 2. The minimum atomic E-state index is -1.24. The number of phenolic OH excluding ortho intramolecular Hbond substituents is 1. The van der Waals surface area contributed by atoms with E-state index in [1.807, 2.05) is 0 Å². The molecule has 0 aliphatic heterocycles. The fourth-order valence-corrected chi connectivity index (χ4v) is 1.68. The first-order valence-electron chi connectivity index (χ1n) is 5.28. The van der Waals surface area contributed by atoms with Crippen LogP contribution in [0.5, 0.6) is 5.75 Å². The normalized spacial score (nSPS) is 9.89. The van der Waals surface area contributed by atoms with Crippen LogP contribution in [0.15, 0.2) is 36.4 Å². The van der Waals surface area contributed by atoms with Crippen LogP contribution in [0.4, 0.5) is 4.39 Å². The van der Waals surface area contributed by atoms with E-state index in [0.717, 1.165) is 6.07 Å². The predicted octanol–water partition coefficient (Wildman–Crippen LogP) is 2.77. The molecule has 4 nitrogen and oxygen atoms in total. The largest absolute Gasteiger partial charge is 0.507 e. The van der Waals surface area contributed by atoms with E-state index in [1.165, 1.54) is 30.3 Å². The fourth-order valence-electron chi connectivity index (χ4n) is 1.68. The average Bonchev–Trinajstić information content (AvgIpc) is 2.38. The van der Waals surface area contributed by atoms with Crippen molar-refractivity contribution < 1.29 is 19.4 Å². The van der Waals surface area contributed by atoms with Gasteiger partial charge in [0.05, 0.1) is 11.1 Å². The molecule has 0 fully saturated rings. The molecule has 0 heterocycles. The van der Waals surface area contributed by atoms with E-state index in [4.69, 9.17) is 10.4 Å². The number of phenols is 1. The van der Waals surface area contributed by atoms with Crippen molar-refractivity contribution in [3.8, 4) is 22.9 Å². The van der Waals surface area contributed by atoms with E-state index in [2.05, 4.69) is 0 Å². The number of nitriles is 1. The van der Waals surface area contributed by atoms with Crippen LogP contribution in [0.1, 0.15) is 15.9 Å². The molecular weight excluding hydrogens is 249 g/mol. The van der Waals surface area contributed by atoms with Gasteiger partial charge in [-0.1, -0.05) is 6.07 Å². The maximum atomic E-state index is 13.4. The SMILES string of the molecule is N#Cc1cc(-c2cc(F)cc(C(=O)O)c2)ccc1O. The van der Waals surface area contributed by atoms with Gasteiger partial charge in [-0.3, -0.25) is 0 Å². The summed E-state index contributed by atoms with van der Waals surface area (Å²) in [6, 6.07) is 9.34. The minimum absolute atomic E-state index is 0.0404. The van der Waals surface area contributed by atoms with Crippen LogP contribution in [-0.2, 0) is 0 Å². The summed E-state index contributed by atoms with van der Waals surface area (Å²) in [5, 5.41) is 27.1. The van der Waals surface area contributed by atoms with Crippen molar-refractivity contribution in [2.75, 3.05) is 0 Å². The van der Waals surface area contributed by atoms with Gasteiger partial charge in [-0.25, -0.2) is 9.18 Å². The highest BCUT2D eigenvalue weighted by Crippen LogP contribution is 2.27.